The van der Waals surface area contributed by atoms with Gasteiger partial charge in [-0.2, -0.15) is 0 Å². The first-order chi connectivity index (χ1) is 29.8. The lowest BCUT2D eigenvalue weighted by Gasteiger charge is -2.51. The molecule has 3 aliphatic rings. The average molecular weight is 910 g/mol. The Bertz CT molecular complexity index is 2390. The highest BCUT2D eigenvalue weighted by Gasteiger charge is 2.51. The highest BCUT2D eigenvalue weighted by atomic mass is 35.5. The Balaban J connectivity index is 1.25. The number of carbonyl (C=O) groups is 3. The van der Waals surface area contributed by atoms with Crippen molar-refractivity contribution in [2.24, 2.45) is 0 Å². The van der Waals surface area contributed by atoms with Crippen molar-refractivity contribution in [3.05, 3.63) is 110 Å². The molecule has 336 valence electrons. The quantitative estimate of drug-likeness (QED) is 0.128. The molecule has 4 aromatic rings. The molecule has 1 saturated carbocycles. The van der Waals surface area contributed by atoms with Crippen molar-refractivity contribution < 1.29 is 46.6 Å². The minimum atomic E-state index is -0.889. The molecule has 2 aliphatic heterocycles. The zero-order chi connectivity index (χ0) is 45.4. The molecular weight excluding hydrogens is 857 g/mol. The molecule has 3 amide bonds. The van der Waals surface area contributed by atoms with Crippen LogP contribution in [0.1, 0.15) is 83.3 Å². The summed E-state index contributed by atoms with van der Waals surface area (Å²) in [6, 6.07) is 14.8. The summed E-state index contributed by atoms with van der Waals surface area (Å²) < 4.78 is 57.1. The molecule has 12 nitrogen and oxygen atoms in total. The minimum absolute atomic E-state index is 0.00784. The fourth-order valence-electron chi connectivity index (χ4n) is 7.90. The first-order valence-electron chi connectivity index (χ1n) is 20.9. The number of fused-ring (bicyclic) bond motifs is 2. The molecule has 2 atom stereocenters. The van der Waals surface area contributed by atoms with E-state index in [1.54, 1.807) is 70.6 Å². The largest absolute Gasteiger partial charge is 0.486 e. The Morgan fingerprint density at radius 1 is 0.889 bits per heavy atom. The van der Waals surface area contributed by atoms with E-state index < -0.39 is 52.1 Å². The average Bonchev–Trinajstić information content (AvgIpc) is 3.95. The second-order valence-electron chi connectivity index (χ2n) is 18.1. The number of rotatable bonds is 12. The van der Waals surface area contributed by atoms with Crippen LogP contribution in [-0.2, 0) is 38.6 Å². The number of benzene rings is 3. The summed E-state index contributed by atoms with van der Waals surface area (Å²) in [4.78, 5) is 48.4. The van der Waals surface area contributed by atoms with Gasteiger partial charge < -0.3 is 33.3 Å². The van der Waals surface area contributed by atoms with E-state index in [0.29, 0.717) is 29.4 Å². The summed E-state index contributed by atoms with van der Waals surface area (Å²) in [5, 5.41) is 3.99. The third-order valence-electron chi connectivity index (χ3n) is 10.9. The zero-order valence-electron chi connectivity index (χ0n) is 36.4. The maximum absolute atomic E-state index is 15.5. The number of piperazine rings is 1. The van der Waals surface area contributed by atoms with Gasteiger partial charge in [-0.1, -0.05) is 52.6 Å². The molecule has 1 aromatic heterocycles. The summed E-state index contributed by atoms with van der Waals surface area (Å²) in [6.45, 7) is 11.5. The third-order valence-corrected chi connectivity index (χ3v) is 11.6. The molecule has 63 heavy (non-hydrogen) atoms. The lowest BCUT2D eigenvalue weighted by Crippen LogP contribution is -2.66. The lowest BCUT2D eigenvalue weighted by atomic mass is 9.81. The van der Waals surface area contributed by atoms with Crippen LogP contribution in [0.5, 0.6) is 5.75 Å². The molecule has 1 aliphatic carbocycles. The summed E-state index contributed by atoms with van der Waals surface area (Å²) in [6.07, 6.45) is 1.36. The van der Waals surface area contributed by atoms with Gasteiger partial charge >= 0.3 is 12.2 Å². The van der Waals surface area contributed by atoms with Crippen molar-refractivity contribution in [3.63, 3.8) is 0 Å². The van der Waals surface area contributed by atoms with E-state index >= 15 is 4.79 Å². The predicted octanol–water partition coefficient (Wildman–Crippen LogP) is 10.3. The molecule has 3 heterocycles. The second-order valence-corrected chi connectivity index (χ2v) is 18.9. The maximum atomic E-state index is 15.5. The molecular formula is C47H52Cl2F2N4O8. The summed E-state index contributed by atoms with van der Waals surface area (Å²) in [5.41, 5.74) is 1.82. The molecule has 0 spiro atoms. The molecule has 2 unspecified atom stereocenters. The molecule has 2 bridgehead atoms. The number of nitrogens with zero attached hydrogens (tertiary/aromatic N) is 4. The zero-order valence-corrected chi connectivity index (χ0v) is 37.9. The van der Waals surface area contributed by atoms with Crippen LogP contribution in [0.2, 0.25) is 10.0 Å². The van der Waals surface area contributed by atoms with Gasteiger partial charge in [0.05, 0.1) is 29.3 Å². The van der Waals surface area contributed by atoms with Gasteiger partial charge in [0.2, 0.25) is 0 Å². The number of amides is 3. The SMILES string of the molecule is COCCc1ccc(Cl)c(CN(C(=O)C2=C(c3ccc(OCc4cc(-c5c(F)ccc(F)c5Cl)no4)cc3)CC3CN(C(=O)OC(C)(C)C)CC2N3C(=O)OC(C)(C)C)C2CC2)c1. The van der Waals surface area contributed by atoms with Gasteiger partial charge in [-0.25, -0.2) is 18.4 Å². The van der Waals surface area contributed by atoms with E-state index in [0.717, 1.165) is 47.2 Å². The third kappa shape index (κ3) is 10.8. The molecule has 7 rings (SSSR count). The molecule has 0 radical (unpaired) electrons. The van der Waals surface area contributed by atoms with Crippen LogP contribution in [0.4, 0.5) is 18.4 Å². The normalized spacial score (nSPS) is 17.8. The van der Waals surface area contributed by atoms with Crippen LogP contribution >= 0.6 is 23.2 Å². The minimum Gasteiger partial charge on any atom is -0.486 e. The first kappa shape index (κ1) is 45.8. The van der Waals surface area contributed by atoms with Gasteiger partial charge in [-0.3, -0.25) is 9.69 Å². The summed E-state index contributed by atoms with van der Waals surface area (Å²) >= 11 is 12.8. The van der Waals surface area contributed by atoms with E-state index in [1.165, 1.54) is 6.07 Å². The first-order valence-corrected chi connectivity index (χ1v) is 21.7. The highest BCUT2D eigenvalue weighted by molar-refractivity contribution is 6.33. The van der Waals surface area contributed by atoms with Crippen molar-refractivity contribution >= 4 is 46.9 Å². The van der Waals surface area contributed by atoms with E-state index in [-0.39, 0.29) is 61.6 Å². The fraction of sp³-hybridized carbons (Fsp3) is 0.447. The number of methoxy groups -OCH3 is 1. The van der Waals surface area contributed by atoms with Crippen molar-refractivity contribution in [1.29, 1.82) is 0 Å². The van der Waals surface area contributed by atoms with Crippen LogP contribution in [-0.4, -0.2) is 94.1 Å². The Labute approximate surface area is 376 Å². The highest BCUT2D eigenvalue weighted by Crippen LogP contribution is 2.43. The second kappa shape index (κ2) is 18.5. The fourth-order valence-corrected chi connectivity index (χ4v) is 8.33. The van der Waals surface area contributed by atoms with Crippen LogP contribution in [0.3, 0.4) is 0 Å². The Hall–Kier alpha value is -5.18. The number of aromatic nitrogens is 1. The van der Waals surface area contributed by atoms with Crippen molar-refractivity contribution in [3.8, 4) is 17.0 Å². The molecule has 1 saturated heterocycles. The van der Waals surface area contributed by atoms with Gasteiger partial charge in [0.25, 0.3) is 5.91 Å². The van der Waals surface area contributed by atoms with Gasteiger partial charge in [-0.05, 0) is 120 Å². The van der Waals surface area contributed by atoms with Crippen molar-refractivity contribution in [1.82, 2.24) is 19.9 Å². The van der Waals surface area contributed by atoms with Gasteiger partial charge in [-0.15, -0.1) is 0 Å². The molecule has 16 heteroatoms. The van der Waals surface area contributed by atoms with Crippen LogP contribution < -0.4 is 4.74 Å². The number of ether oxygens (including phenoxy) is 4. The lowest BCUT2D eigenvalue weighted by molar-refractivity contribution is -0.129. The van der Waals surface area contributed by atoms with E-state index in [4.69, 9.17) is 46.7 Å². The molecule has 3 aromatic carbocycles. The number of hydrogen-bond acceptors (Lipinski definition) is 9. The van der Waals surface area contributed by atoms with Crippen LogP contribution in [0.25, 0.3) is 16.8 Å². The Kier molecular flexibility index (Phi) is 13.5. The van der Waals surface area contributed by atoms with Crippen molar-refractivity contribution in [2.75, 3.05) is 26.8 Å². The van der Waals surface area contributed by atoms with Gasteiger partial charge in [0.1, 0.15) is 40.9 Å². The number of hydrogen-bond donors (Lipinski definition) is 0. The Morgan fingerprint density at radius 2 is 1.57 bits per heavy atom. The maximum Gasteiger partial charge on any atom is 0.411 e. The molecule has 0 N–H and O–H groups in total. The molecule has 2 fully saturated rings. The number of carbonyl (C=O) groups excluding carboxylic acids is 3. The number of halogens is 4. The van der Waals surface area contributed by atoms with Gasteiger partial charge in [0.15, 0.2) is 5.76 Å². The van der Waals surface area contributed by atoms with E-state index in [2.05, 4.69) is 5.16 Å². The smallest absolute Gasteiger partial charge is 0.411 e. The topological polar surface area (TPSA) is 124 Å². The van der Waals surface area contributed by atoms with Gasteiger partial charge in [0, 0.05) is 49.4 Å². The van der Waals surface area contributed by atoms with E-state index in [1.807, 2.05) is 35.2 Å². The van der Waals surface area contributed by atoms with E-state index in [9.17, 15) is 18.4 Å². The van der Waals surface area contributed by atoms with Crippen molar-refractivity contribution in [2.45, 2.75) is 110 Å². The monoisotopic (exact) mass is 908 g/mol. The van der Waals surface area contributed by atoms with Crippen LogP contribution in [0.15, 0.2) is 70.8 Å². The predicted molar refractivity (Wildman–Crippen MR) is 233 cm³/mol. The Morgan fingerprint density at radius 3 is 2.24 bits per heavy atom. The standard InChI is InChI=1S/C47H52Cl2F2N4O8/c1-46(2,3)61-44(57)53-24-31-21-34(28-9-13-32(14-10-28)60-26-33-22-38(52-63-33)41-36(50)16-17-37(51)42(41)49)40(39(25-53)55(31)45(58)62-47(4,5)6)43(56)54(30-11-12-30)23-29-20-27(18-19-59-7)8-15-35(29)48/h8-10,13-17,20,22,30-31,39H,11-12,18-19,21,23-26H2,1-7H3. The van der Waals surface area contributed by atoms with Crippen LogP contribution in [0, 0.1) is 11.6 Å². The summed E-state index contributed by atoms with van der Waals surface area (Å²) in [5.74, 6) is -1.12. The summed E-state index contributed by atoms with van der Waals surface area (Å²) in [7, 11) is 1.65.